The van der Waals surface area contributed by atoms with Crippen molar-refractivity contribution in [3.63, 3.8) is 0 Å². The lowest BCUT2D eigenvalue weighted by Gasteiger charge is -2.51. The van der Waals surface area contributed by atoms with E-state index in [1.165, 1.54) is 13.8 Å². The van der Waals surface area contributed by atoms with Crippen LogP contribution < -0.4 is 16.0 Å². The van der Waals surface area contributed by atoms with Crippen LogP contribution in [0, 0.1) is 0 Å². The molecular weight excluding hydrogens is 1620 g/mol. The summed E-state index contributed by atoms with van der Waals surface area (Å²) in [7, 11) is 0. The number of nitrogens with one attached hydrogen (secondary N) is 3. The molecule has 0 bridgehead atoms. The fraction of sp³-hybridized carbons (Fsp3) is 0.955. The van der Waals surface area contributed by atoms with Crippen molar-refractivity contribution in [3.05, 3.63) is 0 Å². The maximum Gasteiger partial charge on any atom is 0.217 e. The number of hydrogen-bond donors (Lipinski definition) is 30. The summed E-state index contributed by atoms with van der Waals surface area (Å²) in [6, 6.07) is -6.11. The minimum Gasteiger partial charge on any atom is -0.394 e. The summed E-state index contributed by atoms with van der Waals surface area (Å²) in [4.78, 5) is 40.3. The fourth-order valence-electron chi connectivity index (χ4n) is 15.4. The van der Waals surface area contributed by atoms with Crippen LogP contribution in [-0.2, 0) is 104 Å². The zero-order valence-corrected chi connectivity index (χ0v) is 63.6. The van der Waals surface area contributed by atoms with E-state index in [1.807, 2.05) is 0 Å². The summed E-state index contributed by atoms with van der Waals surface area (Å²) >= 11 is 0. The van der Waals surface area contributed by atoms with Crippen molar-refractivity contribution in [3.8, 4) is 0 Å². The summed E-state index contributed by atoms with van der Waals surface area (Å²) in [6.07, 6.45) is -97.2. The zero-order valence-electron chi connectivity index (χ0n) is 63.6. The van der Waals surface area contributed by atoms with Crippen LogP contribution in [0.1, 0.15) is 34.6 Å². The molecule has 10 saturated heterocycles. The minimum absolute atomic E-state index is 0.894. The molecule has 52 nitrogen and oxygen atoms in total. The van der Waals surface area contributed by atoms with Gasteiger partial charge in [0.25, 0.3) is 0 Å². The number of amides is 3. The largest absolute Gasteiger partial charge is 0.394 e. The number of ether oxygens (including phenoxy) is 19. The van der Waals surface area contributed by atoms with Gasteiger partial charge in [-0.2, -0.15) is 0 Å². The molecule has 3 amide bonds. The molecule has 30 N–H and O–H groups in total. The topological polar surface area (TPSA) is 809 Å². The van der Waals surface area contributed by atoms with Gasteiger partial charge in [-0.1, -0.05) is 0 Å². The first-order chi connectivity index (χ1) is 55.8. The van der Waals surface area contributed by atoms with Crippen LogP contribution in [-0.4, -0.2) is 515 Å². The number of carbonyl (C=O) groups is 3. The monoisotopic (exact) mass is 1730 g/mol. The van der Waals surface area contributed by atoms with E-state index in [1.54, 1.807) is 0 Å². The number of aliphatic hydroxyl groups is 27. The molecule has 0 aliphatic carbocycles. The van der Waals surface area contributed by atoms with Crippen LogP contribution in [0.25, 0.3) is 0 Å². The Bertz CT molecular complexity index is 3140. The minimum atomic E-state index is -2.63. The lowest BCUT2D eigenvalue weighted by molar-refractivity contribution is -0.393. The zero-order chi connectivity index (χ0) is 86.8. The molecule has 0 saturated carbocycles. The van der Waals surface area contributed by atoms with Gasteiger partial charge in [-0.3, -0.25) is 14.4 Å². The fourth-order valence-corrected chi connectivity index (χ4v) is 15.4. The molecule has 52 heteroatoms. The summed E-state index contributed by atoms with van der Waals surface area (Å²) in [5.74, 6) is -3.05. The Morgan fingerprint density at radius 2 is 0.500 bits per heavy atom. The van der Waals surface area contributed by atoms with Crippen molar-refractivity contribution < 1.29 is 242 Å². The predicted molar refractivity (Wildman–Crippen MR) is 362 cm³/mol. The maximum atomic E-state index is 13.5. The van der Waals surface area contributed by atoms with Crippen molar-refractivity contribution in [1.82, 2.24) is 16.0 Å². The van der Waals surface area contributed by atoms with Crippen molar-refractivity contribution in [2.45, 2.75) is 341 Å². The molecule has 0 aromatic rings. The van der Waals surface area contributed by atoms with E-state index in [0.29, 0.717) is 0 Å². The number of rotatable bonds is 29. The third kappa shape index (κ3) is 20.8. The van der Waals surface area contributed by atoms with Crippen LogP contribution in [0.4, 0.5) is 0 Å². The summed E-state index contributed by atoms with van der Waals surface area (Å²) in [5, 5.41) is 308. The summed E-state index contributed by atoms with van der Waals surface area (Å²) < 4.78 is 113. The van der Waals surface area contributed by atoms with Crippen LogP contribution in [0.15, 0.2) is 0 Å². The molecule has 10 aliphatic rings. The predicted octanol–water partition coefficient (Wildman–Crippen LogP) is -20.3. The Kier molecular flexibility index (Phi) is 34.3. The van der Waals surface area contributed by atoms with Crippen LogP contribution in [0.2, 0.25) is 0 Å². The van der Waals surface area contributed by atoms with Gasteiger partial charge in [0, 0.05) is 20.8 Å². The van der Waals surface area contributed by atoms with Gasteiger partial charge in [0.1, 0.15) is 232 Å². The molecule has 10 heterocycles. The molecule has 10 fully saturated rings. The summed E-state index contributed by atoms with van der Waals surface area (Å²) in [5.41, 5.74) is 0. The Hall–Kier alpha value is -3.43. The highest BCUT2D eigenvalue weighted by Crippen LogP contribution is 2.41. The highest BCUT2D eigenvalue weighted by atomic mass is 16.8. The van der Waals surface area contributed by atoms with Gasteiger partial charge in [-0.05, 0) is 13.8 Å². The van der Waals surface area contributed by atoms with Crippen molar-refractivity contribution in [1.29, 1.82) is 0 Å². The summed E-state index contributed by atoms with van der Waals surface area (Å²) in [6.45, 7) is -3.83. The van der Waals surface area contributed by atoms with Crippen molar-refractivity contribution >= 4 is 17.7 Å². The molecule has 0 spiro atoms. The van der Waals surface area contributed by atoms with Crippen molar-refractivity contribution in [2.24, 2.45) is 0 Å². The van der Waals surface area contributed by atoms with Gasteiger partial charge in [-0.15, -0.1) is 0 Å². The molecule has 0 aromatic carbocycles. The molecular formula is C66H111N3O49. The number of aliphatic hydroxyl groups excluding tert-OH is 27. The standard InChI is InChI=1S/C66H111N3O49/c1-14-30(80)39(89)45(95)61(101-14)117-55-41(91)32(82)19(6-70)108-65(55)113-50-27(67-16(3)77)58(104-21(8-72)34(50)84)100-13-26-38(88)54(116-60-29(69-18(5)79)52(36(86)23(10-74)106-60)114-66-56(42(92)33(83)20(7-71)109-66)118-62-46(96)40(90)31(81)15(2)102-62)48(98)64(110-26)112-51-28(68-17(4)78)59(105-22(9-73)35(51)85)115-53-37(87)24(11-75)107-63(47(53)97)111-49-25(12-76)103-57(99)44(94)43(49)93/h14-15,19-66,70-76,80-99H,6-13H2,1-5H3,(H,67,77)(H,68,78)(H,69,79)/t14-,15-,19+,20+,21+,22+,23+,24+,25+,26+,27+,28+,29+,30+,31+,32-,33-,34+,35+,36+,37-,38-,39+,40+,41-,42-,43+,44+,45-,46-,47+,48+,49+,50+,51+,52+,53-,54-,55+,56+,57+,58+,59-,60-,61-,62-,63-,64-,65-,66-/m0/s1. The van der Waals surface area contributed by atoms with Gasteiger partial charge in [0.15, 0.2) is 62.9 Å². The lowest BCUT2D eigenvalue weighted by atomic mass is 9.93. The molecule has 0 aromatic heterocycles. The Balaban J connectivity index is 1.01. The smallest absolute Gasteiger partial charge is 0.217 e. The van der Waals surface area contributed by atoms with E-state index in [4.69, 9.17) is 90.0 Å². The van der Waals surface area contributed by atoms with E-state index in [-0.39, 0.29) is 0 Å². The molecule has 50 atom stereocenters. The molecule has 0 unspecified atom stereocenters. The third-order valence-electron chi connectivity index (χ3n) is 22.0. The average molecular weight is 1730 g/mol. The average Bonchev–Trinajstić information content (AvgIpc) is 0.770. The Morgan fingerprint density at radius 3 is 0.864 bits per heavy atom. The molecule has 0 radical (unpaired) electrons. The van der Waals surface area contributed by atoms with Gasteiger partial charge in [0.05, 0.1) is 65.1 Å². The Morgan fingerprint density at radius 1 is 0.237 bits per heavy atom. The quantitative estimate of drug-likeness (QED) is 0.0331. The second kappa shape index (κ2) is 41.8. The second-order valence-corrected chi connectivity index (χ2v) is 30.2. The molecule has 118 heavy (non-hydrogen) atoms. The number of carbonyl (C=O) groups excluding carboxylic acids is 3. The normalized spacial score (nSPS) is 51.1. The SMILES string of the molecule is CC(=O)N[C@H]1[C@H](O[C@H]2[C@@H](O)[C@@H](CO)O[C@@H](O[C@H]3[C@H](O)[C@@H](O)[C@H](O)O[C@@H]3CO)[C@@H]2O)O[C@H](CO)[C@@H](O)[C@@H]1O[C@@H]1O[C@H](CO[C@@H]2O[C@H](CO)[C@@H](O)[C@H](O[C@@H]3O[C@H](CO)[C@H](O)[C@H](O)[C@H]3O[C@@H]3O[C@@H](C)[C@@H](O)[C@@H](O)[C@@H]3O)[C@H]2NC(C)=O)[C@H](O)[C@H](O[C@@H]2O[C@H](CO)[C@@H](O)[C@H](O[C@@H]3O[C@H](CO)[C@H](O)[C@H](O)[C@H]3O[C@@H]3O[C@@H](C)[C@@H](O)[C@@H](O)[C@@H]3O)[C@H]2NC(C)=O)[C@H]1O. The first kappa shape index (κ1) is 96.8. The highest BCUT2D eigenvalue weighted by Gasteiger charge is 2.62. The van der Waals surface area contributed by atoms with E-state index in [0.717, 1.165) is 20.8 Å². The van der Waals surface area contributed by atoms with Crippen LogP contribution >= 0.6 is 0 Å². The van der Waals surface area contributed by atoms with Crippen LogP contribution in [0.3, 0.4) is 0 Å². The second-order valence-electron chi connectivity index (χ2n) is 30.2. The Labute approximate surface area is 668 Å². The third-order valence-corrected chi connectivity index (χ3v) is 22.0. The van der Waals surface area contributed by atoms with E-state index in [9.17, 15) is 152 Å². The van der Waals surface area contributed by atoms with Gasteiger partial charge < -0.3 is 244 Å². The number of hydrogen-bond acceptors (Lipinski definition) is 49. The lowest BCUT2D eigenvalue weighted by Crippen LogP contribution is -2.71. The molecule has 684 valence electrons. The first-order valence-electron chi connectivity index (χ1n) is 37.9. The van der Waals surface area contributed by atoms with Gasteiger partial charge in [0.2, 0.25) is 17.7 Å². The van der Waals surface area contributed by atoms with Crippen molar-refractivity contribution in [2.75, 3.05) is 52.9 Å². The van der Waals surface area contributed by atoms with E-state index in [2.05, 4.69) is 16.0 Å². The van der Waals surface area contributed by atoms with E-state index < -0.39 is 377 Å². The van der Waals surface area contributed by atoms with Crippen LogP contribution in [0.5, 0.6) is 0 Å². The first-order valence-corrected chi connectivity index (χ1v) is 37.9. The van der Waals surface area contributed by atoms with Gasteiger partial charge in [-0.25, -0.2) is 0 Å². The highest BCUT2D eigenvalue weighted by molar-refractivity contribution is 5.74. The maximum absolute atomic E-state index is 13.5. The van der Waals surface area contributed by atoms with Gasteiger partial charge >= 0.3 is 0 Å². The van der Waals surface area contributed by atoms with E-state index >= 15 is 0 Å². The molecule has 10 aliphatic heterocycles. The molecule has 10 rings (SSSR count).